The van der Waals surface area contributed by atoms with Gasteiger partial charge < -0.3 is 4.98 Å². The first kappa shape index (κ1) is 25.2. The van der Waals surface area contributed by atoms with Crippen molar-refractivity contribution in [2.24, 2.45) is 0 Å². The molecular formula is C22H26N6O4S2. The maximum absolute atomic E-state index is 12.3. The van der Waals surface area contributed by atoms with Gasteiger partial charge in [0.2, 0.25) is 15.0 Å². The maximum Gasteiger partial charge on any atom is 0.286 e. The highest BCUT2D eigenvalue weighted by Crippen LogP contribution is 2.23. The lowest BCUT2D eigenvalue weighted by Gasteiger charge is -2.10. The lowest BCUT2D eigenvalue weighted by Crippen LogP contribution is -2.16. The summed E-state index contributed by atoms with van der Waals surface area (Å²) in [4.78, 5) is 6.96. The maximum atomic E-state index is 12.3. The van der Waals surface area contributed by atoms with Crippen LogP contribution in [0, 0.1) is 20.8 Å². The highest BCUT2D eigenvalue weighted by molar-refractivity contribution is 7.91. The summed E-state index contributed by atoms with van der Waals surface area (Å²) in [5, 5.41) is 10.1. The molecule has 2 aromatic heterocycles. The molecule has 0 fully saturated rings. The molecule has 1 N–H and O–H groups in total. The number of hydrogen-bond donors (Lipinski definition) is 1. The van der Waals surface area contributed by atoms with Gasteiger partial charge in [0, 0.05) is 12.4 Å². The third-order valence-electron chi connectivity index (χ3n) is 5.00. The van der Waals surface area contributed by atoms with Gasteiger partial charge in [-0.15, -0.1) is 9.19 Å². The van der Waals surface area contributed by atoms with Crippen molar-refractivity contribution in [3.05, 3.63) is 77.4 Å². The fraction of sp³-hybridized carbons (Fsp3) is 0.273. The minimum Gasteiger partial charge on any atom is -0.335 e. The van der Waals surface area contributed by atoms with E-state index in [1.807, 2.05) is 39.0 Å². The number of aryl methyl sites for hydroxylation is 3. The van der Waals surface area contributed by atoms with Crippen molar-refractivity contribution >= 4 is 19.9 Å². The molecule has 0 unspecified atom stereocenters. The molecule has 0 amide bonds. The Morgan fingerprint density at radius 2 is 1.65 bits per heavy atom. The van der Waals surface area contributed by atoms with Crippen molar-refractivity contribution in [3.63, 3.8) is 0 Å². The number of nitrogens with one attached hydrogen (secondary N) is 1. The van der Waals surface area contributed by atoms with Gasteiger partial charge in [0.15, 0.2) is 6.33 Å². The van der Waals surface area contributed by atoms with Crippen LogP contribution in [-0.4, -0.2) is 46.4 Å². The van der Waals surface area contributed by atoms with Crippen LogP contribution >= 0.6 is 0 Å². The molecule has 4 rings (SSSR count). The molecular weight excluding hydrogens is 476 g/mol. The molecule has 0 aliphatic carbocycles. The SMILES string of the molecule is CC(C)c1cccc(S(=O)(=O)c2ncc[nH]2)c1.Cc1cc(C)c(S(=O)(=O)n2cnnn2)c(C)c1. The summed E-state index contributed by atoms with van der Waals surface area (Å²) in [6, 6.07) is 10.6. The van der Waals surface area contributed by atoms with E-state index in [9.17, 15) is 16.8 Å². The second-order valence-electron chi connectivity index (χ2n) is 8.04. The first-order valence-corrected chi connectivity index (χ1v) is 13.3. The largest absolute Gasteiger partial charge is 0.335 e. The van der Waals surface area contributed by atoms with E-state index < -0.39 is 19.9 Å². The van der Waals surface area contributed by atoms with Gasteiger partial charge in [0.05, 0.1) is 9.79 Å². The lowest BCUT2D eigenvalue weighted by molar-refractivity contribution is 0.575. The van der Waals surface area contributed by atoms with E-state index in [1.165, 1.54) is 12.4 Å². The van der Waals surface area contributed by atoms with E-state index >= 15 is 0 Å². The average Bonchev–Trinajstić information content (AvgIpc) is 3.48. The lowest BCUT2D eigenvalue weighted by atomic mass is 10.0. The van der Waals surface area contributed by atoms with E-state index in [2.05, 4.69) is 25.5 Å². The molecule has 0 spiro atoms. The number of aromatic amines is 1. The van der Waals surface area contributed by atoms with E-state index in [0.29, 0.717) is 17.0 Å². The summed E-state index contributed by atoms with van der Waals surface area (Å²) < 4.78 is 49.7. The third kappa shape index (κ3) is 5.23. The number of H-pyrrole nitrogens is 1. The number of sulfone groups is 1. The van der Waals surface area contributed by atoms with Gasteiger partial charge >= 0.3 is 0 Å². The highest BCUT2D eigenvalue weighted by atomic mass is 32.2. The number of tetrazole rings is 1. The summed E-state index contributed by atoms with van der Waals surface area (Å²) >= 11 is 0. The van der Waals surface area contributed by atoms with Crippen LogP contribution in [0.4, 0.5) is 0 Å². The zero-order chi connectivity index (χ0) is 25.1. The van der Waals surface area contributed by atoms with Crippen molar-refractivity contribution in [1.29, 1.82) is 0 Å². The summed E-state index contributed by atoms with van der Waals surface area (Å²) in [5.74, 6) is 0.293. The van der Waals surface area contributed by atoms with Crippen LogP contribution in [0.3, 0.4) is 0 Å². The molecule has 0 radical (unpaired) electrons. The molecule has 2 aromatic carbocycles. The minimum absolute atomic E-state index is 0.0154. The smallest absolute Gasteiger partial charge is 0.286 e. The number of imidazole rings is 1. The van der Waals surface area contributed by atoms with E-state index in [1.54, 1.807) is 32.0 Å². The molecule has 0 atom stereocenters. The number of rotatable bonds is 5. The van der Waals surface area contributed by atoms with Gasteiger partial charge in [-0.1, -0.05) is 43.7 Å². The van der Waals surface area contributed by atoms with Crippen LogP contribution in [0.2, 0.25) is 0 Å². The van der Waals surface area contributed by atoms with Gasteiger partial charge in [0.25, 0.3) is 10.0 Å². The molecule has 180 valence electrons. The normalized spacial score (nSPS) is 11.8. The Morgan fingerprint density at radius 3 is 2.18 bits per heavy atom. The second kappa shape index (κ2) is 9.85. The van der Waals surface area contributed by atoms with Crippen LogP contribution < -0.4 is 0 Å². The molecule has 0 bridgehead atoms. The van der Waals surface area contributed by atoms with E-state index in [4.69, 9.17) is 0 Å². The Morgan fingerprint density at radius 1 is 0.971 bits per heavy atom. The average molecular weight is 503 g/mol. The first-order valence-electron chi connectivity index (χ1n) is 10.4. The van der Waals surface area contributed by atoms with Gasteiger partial charge in [-0.05, 0) is 65.9 Å². The zero-order valence-electron chi connectivity index (χ0n) is 19.5. The highest BCUT2D eigenvalue weighted by Gasteiger charge is 2.23. The molecule has 34 heavy (non-hydrogen) atoms. The fourth-order valence-electron chi connectivity index (χ4n) is 3.48. The Kier molecular flexibility index (Phi) is 7.32. The van der Waals surface area contributed by atoms with Gasteiger partial charge in [-0.2, -0.15) is 8.42 Å². The van der Waals surface area contributed by atoms with Gasteiger partial charge in [0.1, 0.15) is 0 Å². The Bertz CT molecular complexity index is 1460. The zero-order valence-corrected chi connectivity index (χ0v) is 21.1. The fourth-order valence-corrected chi connectivity index (χ4v) is 6.09. The van der Waals surface area contributed by atoms with Crippen molar-refractivity contribution in [2.45, 2.75) is 55.5 Å². The number of hydrogen-bond acceptors (Lipinski definition) is 8. The molecule has 2 heterocycles. The van der Waals surface area contributed by atoms with Gasteiger partial charge in [-0.25, -0.2) is 13.4 Å². The molecule has 10 nitrogen and oxygen atoms in total. The van der Waals surface area contributed by atoms with E-state index in [-0.39, 0.29) is 14.9 Å². The summed E-state index contributed by atoms with van der Waals surface area (Å²) in [6.45, 7) is 9.50. The molecule has 4 aromatic rings. The Balaban J connectivity index is 0.000000191. The minimum atomic E-state index is -3.69. The van der Waals surface area contributed by atoms with Gasteiger partial charge in [-0.3, -0.25) is 0 Å². The van der Waals surface area contributed by atoms with Crippen LogP contribution in [0.25, 0.3) is 0 Å². The summed E-state index contributed by atoms with van der Waals surface area (Å²) in [5.41, 5.74) is 3.41. The van der Waals surface area contributed by atoms with E-state index in [0.717, 1.165) is 21.5 Å². The monoisotopic (exact) mass is 502 g/mol. The van der Waals surface area contributed by atoms with Crippen LogP contribution in [0.15, 0.2) is 70.1 Å². The predicted molar refractivity (Wildman–Crippen MR) is 126 cm³/mol. The Labute approximate surface area is 199 Å². The molecule has 12 heteroatoms. The standard InChI is InChI=1S/C12H14N2O2S.C10H12N4O2S/c1-9(2)10-4-3-5-11(8-10)17(15,16)12-13-6-7-14-12;1-7-4-8(2)10(9(3)5-7)17(15,16)14-6-11-12-13-14/h3-9H,1-2H3,(H,13,14);4-6H,1-3H3. The summed E-state index contributed by atoms with van der Waals surface area (Å²) in [6.07, 6.45) is 4.01. The molecule has 0 aliphatic rings. The number of benzene rings is 2. The molecule has 0 saturated carbocycles. The van der Waals surface area contributed by atoms with Crippen molar-refractivity contribution in [1.82, 2.24) is 29.6 Å². The van der Waals surface area contributed by atoms with Crippen molar-refractivity contribution < 1.29 is 16.8 Å². The quantitative estimate of drug-likeness (QED) is 0.439. The predicted octanol–water partition coefficient (Wildman–Crippen LogP) is 3.20. The van der Waals surface area contributed by atoms with Crippen LogP contribution in [0.5, 0.6) is 0 Å². The van der Waals surface area contributed by atoms with Crippen molar-refractivity contribution in [3.8, 4) is 0 Å². The first-order chi connectivity index (χ1) is 15.9. The Hall–Kier alpha value is -3.38. The van der Waals surface area contributed by atoms with Crippen LogP contribution in [0.1, 0.15) is 42.0 Å². The number of aromatic nitrogens is 6. The second-order valence-corrected chi connectivity index (χ2v) is 11.6. The molecule has 0 aliphatic heterocycles. The molecule has 0 saturated heterocycles. The number of nitrogens with zero attached hydrogens (tertiary/aromatic N) is 5. The topological polar surface area (TPSA) is 141 Å². The van der Waals surface area contributed by atoms with Crippen LogP contribution in [-0.2, 0) is 19.9 Å². The third-order valence-corrected chi connectivity index (χ3v) is 8.43. The van der Waals surface area contributed by atoms with Crippen molar-refractivity contribution in [2.75, 3.05) is 0 Å². The summed E-state index contributed by atoms with van der Waals surface area (Å²) in [7, 11) is -7.21.